The highest BCUT2D eigenvalue weighted by atomic mass is 127. The molecule has 1 fully saturated rings. The standard InChI is InChI=1S/C20H33N3O2.HI/c1-4-25-19-10-12-23(13-11-19)20(21-3)22-14-17(2)15-24-16-18-8-6-5-7-9-18;/h5-9,17,19H,4,10-16H2,1-3H3,(H,21,22);1H. The number of hydrogen-bond acceptors (Lipinski definition) is 3. The maximum atomic E-state index is 5.82. The zero-order chi connectivity index (χ0) is 17.9. The van der Waals surface area contributed by atoms with Crippen LogP contribution in [0.25, 0.3) is 0 Å². The van der Waals surface area contributed by atoms with E-state index in [0.29, 0.717) is 18.6 Å². The van der Waals surface area contributed by atoms with Gasteiger partial charge in [0.05, 0.1) is 19.3 Å². The summed E-state index contributed by atoms with van der Waals surface area (Å²) in [5.74, 6) is 1.42. The number of ether oxygens (including phenoxy) is 2. The summed E-state index contributed by atoms with van der Waals surface area (Å²) >= 11 is 0. The lowest BCUT2D eigenvalue weighted by atomic mass is 10.1. The van der Waals surface area contributed by atoms with Gasteiger partial charge in [-0.1, -0.05) is 37.3 Å². The first-order chi connectivity index (χ1) is 12.2. The molecule has 26 heavy (non-hydrogen) atoms. The van der Waals surface area contributed by atoms with E-state index < -0.39 is 0 Å². The third-order valence-corrected chi connectivity index (χ3v) is 4.48. The Morgan fingerprint density at radius 3 is 2.58 bits per heavy atom. The minimum Gasteiger partial charge on any atom is -0.378 e. The van der Waals surface area contributed by atoms with Crippen molar-refractivity contribution in [2.45, 2.75) is 39.4 Å². The fraction of sp³-hybridized carbons (Fsp3) is 0.650. The topological polar surface area (TPSA) is 46.1 Å². The summed E-state index contributed by atoms with van der Waals surface area (Å²) in [5, 5.41) is 3.49. The normalized spacial score (nSPS) is 16.9. The van der Waals surface area contributed by atoms with E-state index in [9.17, 15) is 0 Å². The van der Waals surface area contributed by atoms with Gasteiger partial charge in [-0.15, -0.1) is 24.0 Å². The zero-order valence-corrected chi connectivity index (χ0v) is 18.6. The number of guanidine groups is 1. The van der Waals surface area contributed by atoms with Crippen LogP contribution in [0.2, 0.25) is 0 Å². The fourth-order valence-corrected chi connectivity index (χ4v) is 3.08. The van der Waals surface area contributed by atoms with Crippen molar-refractivity contribution in [3.05, 3.63) is 35.9 Å². The van der Waals surface area contributed by atoms with Gasteiger partial charge < -0.3 is 19.7 Å². The highest BCUT2D eigenvalue weighted by molar-refractivity contribution is 14.0. The fourth-order valence-electron chi connectivity index (χ4n) is 3.08. The number of benzene rings is 1. The Bertz CT molecular complexity index is 505. The SMILES string of the molecule is CCOC1CCN(C(=NC)NCC(C)COCc2ccccc2)CC1.I. The Balaban J connectivity index is 0.00000338. The lowest BCUT2D eigenvalue weighted by Gasteiger charge is -2.34. The van der Waals surface area contributed by atoms with E-state index in [4.69, 9.17) is 9.47 Å². The van der Waals surface area contributed by atoms with Gasteiger partial charge in [0.15, 0.2) is 5.96 Å². The molecule has 1 heterocycles. The first-order valence-electron chi connectivity index (χ1n) is 9.41. The van der Waals surface area contributed by atoms with Gasteiger partial charge >= 0.3 is 0 Å². The number of halogens is 1. The molecule has 0 aliphatic carbocycles. The quantitative estimate of drug-likeness (QED) is 0.355. The van der Waals surface area contributed by atoms with Crippen molar-refractivity contribution in [3.8, 4) is 0 Å². The lowest BCUT2D eigenvalue weighted by molar-refractivity contribution is 0.0262. The molecule has 1 saturated heterocycles. The Morgan fingerprint density at radius 1 is 1.27 bits per heavy atom. The van der Waals surface area contributed by atoms with E-state index in [-0.39, 0.29) is 24.0 Å². The van der Waals surface area contributed by atoms with Crippen molar-refractivity contribution in [2.24, 2.45) is 10.9 Å². The average Bonchev–Trinajstić information content (AvgIpc) is 2.64. The summed E-state index contributed by atoms with van der Waals surface area (Å²) in [5.41, 5.74) is 1.22. The second kappa shape index (κ2) is 13.3. The van der Waals surface area contributed by atoms with E-state index in [0.717, 1.165) is 51.6 Å². The van der Waals surface area contributed by atoms with E-state index in [2.05, 4.69) is 41.2 Å². The van der Waals surface area contributed by atoms with Crippen LogP contribution in [0.5, 0.6) is 0 Å². The minimum atomic E-state index is 0. The molecule has 1 atom stereocenters. The molecule has 148 valence electrons. The summed E-state index contributed by atoms with van der Waals surface area (Å²) < 4.78 is 11.5. The Kier molecular flexibility index (Phi) is 11.9. The van der Waals surface area contributed by atoms with Gasteiger partial charge in [0.2, 0.25) is 0 Å². The van der Waals surface area contributed by atoms with E-state index in [1.54, 1.807) is 0 Å². The molecule has 0 amide bonds. The van der Waals surface area contributed by atoms with Crippen LogP contribution in [0.1, 0.15) is 32.3 Å². The van der Waals surface area contributed by atoms with Crippen LogP contribution in [-0.2, 0) is 16.1 Å². The highest BCUT2D eigenvalue weighted by Gasteiger charge is 2.21. The molecule has 2 rings (SSSR count). The maximum absolute atomic E-state index is 5.82. The molecule has 0 aromatic heterocycles. The number of likely N-dealkylation sites (tertiary alicyclic amines) is 1. The van der Waals surface area contributed by atoms with Gasteiger partial charge in [0.25, 0.3) is 0 Å². The van der Waals surface area contributed by atoms with Gasteiger partial charge in [-0.05, 0) is 31.2 Å². The number of rotatable bonds is 8. The van der Waals surface area contributed by atoms with Crippen molar-refractivity contribution in [2.75, 3.05) is 39.9 Å². The predicted octanol–water partition coefficient (Wildman–Crippen LogP) is 3.53. The Hall–Kier alpha value is -0.860. The number of nitrogens with zero attached hydrogens (tertiary/aromatic N) is 2. The minimum absolute atomic E-state index is 0. The molecular weight excluding hydrogens is 441 g/mol. The largest absolute Gasteiger partial charge is 0.378 e. The van der Waals surface area contributed by atoms with Crippen LogP contribution < -0.4 is 5.32 Å². The molecule has 1 unspecified atom stereocenters. The molecule has 0 saturated carbocycles. The van der Waals surface area contributed by atoms with Crippen LogP contribution in [0.3, 0.4) is 0 Å². The smallest absolute Gasteiger partial charge is 0.193 e. The second-order valence-electron chi connectivity index (χ2n) is 6.68. The van der Waals surface area contributed by atoms with Crippen LogP contribution in [0.4, 0.5) is 0 Å². The maximum Gasteiger partial charge on any atom is 0.193 e. The molecule has 6 heteroatoms. The van der Waals surface area contributed by atoms with Crippen LogP contribution in [0.15, 0.2) is 35.3 Å². The number of piperidine rings is 1. The first-order valence-corrected chi connectivity index (χ1v) is 9.41. The summed E-state index contributed by atoms with van der Waals surface area (Å²) in [6.07, 6.45) is 2.55. The van der Waals surface area contributed by atoms with E-state index in [1.165, 1.54) is 5.56 Å². The lowest BCUT2D eigenvalue weighted by Crippen LogP contribution is -2.48. The molecule has 1 aromatic rings. The molecule has 1 N–H and O–H groups in total. The number of hydrogen-bond donors (Lipinski definition) is 1. The highest BCUT2D eigenvalue weighted by Crippen LogP contribution is 2.13. The van der Waals surface area contributed by atoms with Gasteiger partial charge in [-0.3, -0.25) is 4.99 Å². The predicted molar refractivity (Wildman–Crippen MR) is 118 cm³/mol. The van der Waals surface area contributed by atoms with Crippen molar-refractivity contribution in [3.63, 3.8) is 0 Å². The molecular formula is C20H34IN3O2. The Morgan fingerprint density at radius 2 is 1.96 bits per heavy atom. The van der Waals surface area contributed by atoms with Crippen molar-refractivity contribution in [1.29, 1.82) is 0 Å². The third-order valence-electron chi connectivity index (χ3n) is 4.48. The Labute approximate surface area is 175 Å². The number of aliphatic imine (C=N–C) groups is 1. The van der Waals surface area contributed by atoms with Gasteiger partial charge in [-0.2, -0.15) is 0 Å². The van der Waals surface area contributed by atoms with E-state index in [1.807, 2.05) is 25.2 Å². The molecule has 0 bridgehead atoms. The van der Waals surface area contributed by atoms with Gasteiger partial charge in [0.1, 0.15) is 0 Å². The first kappa shape index (κ1) is 23.2. The molecule has 1 aliphatic rings. The molecule has 0 radical (unpaired) electrons. The summed E-state index contributed by atoms with van der Waals surface area (Å²) in [7, 11) is 1.85. The van der Waals surface area contributed by atoms with Crippen molar-refractivity contribution in [1.82, 2.24) is 10.2 Å². The molecule has 1 aliphatic heterocycles. The van der Waals surface area contributed by atoms with Gasteiger partial charge in [0, 0.05) is 33.3 Å². The summed E-state index contributed by atoms with van der Waals surface area (Å²) in [6.45, 7) is 9.36. The molecule has 1 aromatic carbocycles. The van der Waals surface area contributed by atoms with Crippen LogP contribution in [0, 0.1) is 5.92 Å². The average molecular weight is 475 g/mol. The number of nitrogens with one attached hydrogen (secondary N) is 1. The van der Waals surface area contributed by atoms with Crippen LogP contribution >= 0.6 is 24.0 Å². The second-order valence-corrected chi connectivity index (χ2v) is 6.68. The third kappa shape index (κ3) is 8.22. The monoisotopic (exact) mass is 475 g/mol. The van der Waals surface area contributed by atoms with Crippen LogP contribution in [-0.4, -0.2) is 56.9 Å². The molecule has 5 nitrogen and oxygen atoms in total. The zero-order valence-electron chi connectivity index (χ0n) is 16.3. The summed E-state index contributed by atoms with van der Waals surface area (Å²) in [4.78, 5) is 6.76. The van der Waals surface area contributed by atoms with Gasteiger partial charge in [-0.25, -0.2) is 0 Å². The van der Waals surface area contributed by atoms with E-state index >= 15 is 0 Å². The summed E-state index contributed by atoms with van der Waals surface area (Å²) in [6, 6.07) is 10.3. The molecule has 0 spiro atoms. The van der Waals surface area contributed by atoms with Crippen molar-refractivity contribution < 1.29 is 9.47 Å². The van der Waals surface area contributed by atoms with Crippen molar-refractivity contribution >= 4 is 29.9 Å².